The van der Waals surface area contributed by atoms with Gasteiger partial charge in [-0.05, 0) is 12.0 Å². The van der Waals surface area contributed by atoms with Crippen LogP contribution in [0.25, 0.3) is 0 Å². The van der Waals surface area contributed by atoms with Gasteiger partial charge in [0.2, 0.25) is 0 Å². The normalized spacial score (nSPS) is 16.3. The topological polar surface area (TPSA) is 39.2 Å². The first-order valence-electron chi connectivity index (χ1n) is 4.03. The molecule has 11 heavy (non-hydrogen) atoms. The van der Waals surface area contributed by atoms with Gasteiger partial charge in [0.05, 0.1) is 12.5 Å². The van der Waals surface area contributed by atoms with Gasteiger partial charge in [-0.2, -0.15) is 0 Å². The highest BCUT2D eigenvalue weighted by atomic mass is 16.3. The van der Waals surface area contributed by atoms with Crippen LogP contribution in [0, 0.1) is 5.92 Å². The molecule has 0 aliphatic carbocycles. The van der Waals surface area contributed by atoms with Gasteiger partial charge in [0.1, 0.15) is 0 Å². The molecule has 2 atom stereocenters. The first-order valence-corrected chi connectivity index (χ1v) is 4.03. The molecule has 0 aliphatic heterocycles. The van der Waals surface area contributed by atoms with Crippen LogP contribution in [0.2, 0.25) is 0 Å². The molecule has 1 rings (SSSR count). The minimum absolute atomic E-state index is 0.124. The molecule has 0 aromatic carbocycles. The van der Waals surface area contributed by atoms with Crippen molar-refractivity contribution in [3.05, 3.63) is 24.2 Å². The lowest BCUT2D eigenvalue weighted by molar-refractivity contribution is 0.451. The van der Waals surface area contributed by atoms with Crippen molar-refractivity contribution < 1.29 is 4.42 Å². The lowest BCUT2D eigenvalue weighted by Gasteiger charge is -2.15. The molecule has 0 bridgehead atoms. The number of nitrogens with two attached hydrogens (primary N) is 1. The summed E-state index contributed by atoms with van der Waals surface area (Å²) in [5.41, 5.74) is 7.03. The zero-order valence-corrected chi connectivity index (χ0v) is 7.08. The molecule has 0 saturated heterocycles. The second kappa shape index (κ2) is 3.58. The molecule has 0 fully saturated rings. The summed E-state index contributed by atoms with van der Waals surface area (Å²) >= 11 is 0. The van der Waals surface area contributed by atoms with Gasteiger partial charge < -0.3 is 10.2 Å². The predicted molar refractivity (Wildman–Crippen MR) is 45.1 cm³/mol. The lowest BCUT2D eigenvalue weighted by Crippen LogP contribution is -2.17. The third-order valence-corrected chi connectivity index (χ3v) is 2.19. The van der Waals surface area contributed by atoms with Gasteiger partial charge in [0.15, 0.2) is 0 Å². The van der Waals surface area contributed by atoms with Crippen LogP contribution < -0.4 is 5.73 Å². The van der Waals surface area contributed by atoms with E-state index in [0.29, 0.717) is 5.92 Å². The van der Waals surface area contributed by atoms with E-state index in [4.69, 9.17) is 10.2 Å². The Labute approximate surface area is 67.4 Å². The Bertz CT molecular complexity index is 193. The lowest BCUT2D eigenvalue weighted by atomic mass is 9.95. The fourth-order valence-electron chi connectivity index (χ4n) is 1.05. The summed E-state index contributed by atoms with van der Waals surface area (Å²) in [6, 6.07) is 2.05. The molecule has 0 radical (unpaired) electrons. The molecule has 1 heterocycles. The van der Waals surface area contributed by atoms with Crippen molar-refractivity contribution in [2.45, 2.75) is 26.3 Å². The summed E-state index contributed by atoms with van der Waals surface area (Å²) in [6.45, 7) is 4.29. The van der Waals surface area contributed by atoms with E-state index in [1.807, 2.05) is 6.07 Å². The van der Waals surface area contributed by atoms with E-state index in [1.54, 1.807) is 12.5 Å². The van der Waals surface area contributed by atoms with Gasteiger partial charge in [-0.15, -0.1) is 0 Å². The largest absolute Gasteiger partial charge is 0.472 e. The molecule has 1 aromatic heterocycles. The second-order valence-corrected chi connectivity index (χ2v) is 2.97. The second-order valence-electron chi connectivity index (χ2n) is 2.97. The summed E-state index contributed by atoms with van der Waals surface area (Å²) in [5, 5.41) is 0. The first kappa shape index (κ1) is 8.34. The highest BCUT2D eigenvalue weighted by molar-refractivity contribution is 5.11. The monoisotopic (exact) mass is 153 g/mol. The smallest absolute Gasteiger partial charge is 0.0950 e. The number of furan rings is 1. The van der Waals surface area contributed by atoms with Crippen molar-refractivity contribution in [2.75, 3.05) is 0 Å². The maximum absolute atomic E-state index is 5.93. The standard InChI is InChI=1S/C9H15NO/c1-3-7(2)9(10)8-4-5-11-6-8/h4-7,9H,3,10H2,1-2H3/t7?,9-/m0/s1. The van der Waals surface area contributed by atoms with Gasteiger partial charge in [0, 0.05) is 11.6 Å². The van der Waals surface area contributed by atoms with Crippen LogP contribution in [-0.2, 0) is 0 Å². The Morgan fingerprint density at radius 3 is 2.82 bits per heavy atom. The maximum atomic E-state index is 5.93. The average molecular weight is 153 g/mol. The van der Waals surface area contributed by atoms with Gasteiger partial charge in [-0.3, -0.25) is 0 Å². The van der Waals surface area contributed by atoms with Gasteiger partial charge in [0.25, 0.3) is 0 Å². The molecule has 1 aromatic rings. The Kier molecular flexibility index (Phi) is 2.71. The van der Waals surface area contributed by atoms with Crippen LogP contribution >= 0.6 is 0 Å². The van der Waals surface area contributed by atoms with Crippen LogP contribution in [0.5, 0.6) is 0 Å². The Balaban J connectivity index is 2.62. The minimum atomic E-state index is 0.124. The van der Waals surface area contributed by atoms with Gasteiger partial charge in [-0.1, -0.05) is 20.3 Å². The van der Waals surface area contributed by atoms with Crippen molar-refractivity contribution >= 4 is 0 Å². The third-order valence-electron chi connectivity index (χ3n) is 2.19. The number of rotatable bonds is 3. The van der Waals surface area contributed by atoms with Crippen LogP contribution in [0.4, 0.5) is 0 Å². The molecular weight excluding hydrogens is 138 g/mol. The van der Waals surface area contributed by atoms with E-state index in [0.717, 1.165) is 12.0 Å². The van der Waals surface area contributed by atoms with Crippen molar-refractivity contribution in [1.29, 1.82) is 0 Å². The highest BCUT2D eigenvalue weighted by Crippen LogP contribution is 2.21. The SMILES string of the molecule is CCC(C)[C@H](N)c1ccoc1. The molecule has 0 saturated carbocycles. The number of hydrogen-bond acceptors (Lipinski definition) is 2. The third kappa shape index (κ3) is 1.84. The molecular formula is C9H15NO. The molecule has 0 aliphatic rings. The highest BCUT2D eigenvalue weighted by Gasteiger charge is 2.13. The van der Waals surface area contributed by atoms with Crippen LogP contribution in [-0.4, -0.2) is 0 Å². The molecule has 0 amide bonds. The minimum Gasteiger partial charge on any atom is -0.472 e. The average Bonchev–Trinajstić information content (AvgIpc) is 2.53. The van der Waals surface area contributed by atoms with Gasteiger partial charge >= 0.3 is 0 Å². The fraction of sp³-hybridized carbons (Fsp3) is 0.556. The van der Waals surface area contributed by atoms with Crippen molar-refractivity contribution in [1.82, 2.24) is 0 Å². The maximum Gasteiger partial charge on any atom is 0.0950 e. The van der Waals surface area contributed by atoms with Crippen molar-refractivity contribution in [3.8, 4) is 0 Å². The van der Waals surface area contributed by atoms with Crippen LogP contribution in [0.3, 0.4) is 0 Å². The Morgan fingerprint density at radius 2 is 2.36 bits per heavy atom. The summed E-state index contributed by atoms with van der Waals surface area (Å²) in [7, 11) is 0. The Hall–Kier alpha value is -0.760. The van der Waals surface area contributed by atoms with E-state index >= 15 is 0 Å². The molecule has 2 heteroatoms. The van der Waals surface area contributed by atoms with Crippen LogP contribution in [0.1, 0.15) is 31.9 Å². The molecule has 2 N–H and O–H groups in total. The Morgan fingerprint density at radius 1 is 1.64 bits per heavy atom. The number of hydrogen-bond donors (Lipinski definition) is 1. The van der Waals surface area contributed by atoms with E-state index in [9.17, 15) is 0 Å². The van der Waals surface area contributed by atoms with Crippen molar-refractivity contribution in [2.24, 2.45) is 11.7 Å². The fourth-order valence-corrected chi connectivity index (χ4v) is 1.05. The van der Waals surface area contributed by atoms with Crippen molar-refractivity contribution in [3.63, 3.8) is 0 Å². The zero-order chi connectivity index (χ0) is 8.27. The van der Waals surface area contributed by atoms with Gasteiger partial charge in [-0.25, -0.2) is 0 Å². The summed E-state index contributed by atoms with van der Waals surface area (Å²) < 4.78 is 4.95. The van der Waals surface area contributed by atoms with E-state index in [1.165, 1.54) is 0 Å². The molecule has 62 valence electrons. The molecule has 2 nitrogen and oxygen atoms in total. The molecule has 0 spiro atoms. The summed E-state index contributed by atoms with van der Waals surface area (Å²) in [6.07, 6.45) is 4.49. The summed E-state index contributed by atoms with van der Waals surface area (Å²) in [4.78, 5) is 0. The summed E-state index contributed by atoms with van der Waals surface area (Å²) in [5.74, 6) is 0.521. The van der Waals surface area contributed by atoms with E-state index in [-0.39, 0.29) is 6.04 Å². The first-order chi connectivity index (χ1) is 5.25. The van der Waals surface area contributed by atoms with Crippen LogP contribution in [0.15, 0.2) is 23.0 Å². The predicted octanol–water partition coefficient (Wildman–Crippen LogP) is 2.33. The zero-order valence-electron chi connectivity index (χ0n) is 7.08. The quantitative estimate of drug-likeness (QED) is 0.723. The van der Waals surface area contributed by atoms with E-state index in [2.05, 4.69) is 13.8 Å². The molecule has 1 unspecified atom stereocenters. The van der Waals surface area contributed by atoms with E-state index < -0.39 is 0 Å².